The molecule has 0 amide bonds. The molecule has 0 saturated heterocycles. The van der Waals surface area contributed by atoms with E-state index in [4.69, 9.17) is 9.15 Å². The van der Waals surface area contributed by atoms with Gasteiger partial charge in [0.15, 0.2) is 0 Å². The van der Waals surface area contributed by atoms with Gasteiger partial charge in [-0.25, -0.2) is 4.58 Å². The normalized spacial score (nSPS) is 15.7. The van der Waals surface area contributed by atoms with E-state index in [1.807, 2.05) is 13.2 Å². The van der Waals surface area contributed by atoms with Crippen molar-refractivity contribution in [3.63, 3.8) is 0 Å². The monoisotopic (exact) mass is 312 g/mol. The predicted molar refractivity (Wildman–Crippen MR) is 94.2 cm³/mol. The highest BCUT2D eigenvalue weighted by Gasteiger charge is 2.20. The summed E-state index contributed by atoms with van der Waals surface area (Å²) in [4.78, 5) is 0. The van der Waals surface area contributed by atoms with Crippen LogP contribution in [0.2, 0.25) is 0 Å². The minimum absolute atomic E-state index is 0.693. The summed E-state index contributed by atoms with van der Waals surface area (Å²) in [5, 5.41) is 1.22. The van der Waals surface area contributed by atoms with Gasteiger partial charge in [-0.1, -0.05) is 0 Å². The Morgan fingerprint density at radius 1 is 1.13 bits per heavy atom. The SMILES string of the molecule is CCOC=C1CCCc2cc3ccc(=[N+](CC)CC)cc-3oc21. The van der Waals surface area contributed by atoms with Crippen LogP contribution in [0.25, 0.3) is 16.9 Å². The van der Waals surface area contributed by atoms with E-state index < -0.39 is 0 Å². The van der Waals surface area contributed by atoms with Crippen LogP contribution in [0.15, 0.2) is 34.9 Å². The standard InChI is InChI=1S/C20H26NO2/c1-4-21(5-2)18-11-10-15-12-16-8-7-9-17(14-22-6-3)20(16)23-19(15)13-18/h10-14H,4-9H2,1-3H3/q+1. The molecule has 122 valence electrons. The molecule has 0 aromatic heterocycles. The van der Waals surface area contributed by atoms with Crippen molar-refractivity contribution in [2.75, 3.05) is 19.7 Å². The molecule has 0 radical (unpaired) electrons. The molecule has 0 aromatic rings. The van der Waals surface area contributed by atoms with Gasteiger partial charge in [0.05, 0.1) is 18.9 Å². The van der Waals surface area contributed by atoms with Gasteiger partial charge < -0.3 is 9.15 Å². The van der Waals surface area contributed by atoms with Crippen LogP contribution in [0.4, 0.5) is 0 Å². The average Bonchev–Trinajstić information content (AvgIpc) is 2.59. The van der Waals surface area contributed by atoms with E-state index in [9.17, 15) is 0 Å². The van der Waals surface area contributed by atoms with Gasteiger partial charge in [0.2, 0.25) is 5.36 Å². The molecule has 3 rings (SSSR count). The molecule has 1 aliphatic heterocycles. The first-order chi connectivity index (χ1) is 11.3. The van der Waals surface area contributed by atoms with Gasteiger partial charge in [-0.05, 0) is 57.7 Å². The molecule has 0 atom stereocenters. The number of aryl methyl sites for hydroxylation is 1. The smallest absolute Gasteiger partial charge is 0.203 e. The van der Waals surface area contributed by atoms with Gasteiger partial charge in [-0.2, -0.15) is 0 Å². The second kappa shape index (κ2) is 7.03. The number of benzene rings is 1. The molecular formula is C20H26NO2+. The molecule has 0 fully saturated rings. The predicted octanol–water partition coefficient (Wildman–Crippen LogP) is 3.91. The molecule has 3 aliphatic rings. The molecule has 0 aromatic carbocycles. The Hall–Kier alpha value is -2.03. The molecule has 0 unspecified atom stereocenters. The maximum absolute atomic E-state index is 6.30. The van der Waals surface area contributed by atoms with Crippen molar-refractivity contribution < 1.29 is 9.15 Å². The van der Waals surface area contributed by atoms with Gasteiger partial charge >= 0.3 is 0 Å². The van der Waals surface area contributed by atoms with Crippen molar-refractivity contribution in [1.82, 2.24) is 4.58 Å². The first-order valence-electron chi connectivity index (χ1n) is 8.72. The van der Waals surface area contributed by atoms with Crippen molar-refractivity contribution in [3.8, 4) is 11.3 Å². The van der Waals surface area contributed by atoms with Crippen LogP contribution in [0.1, 0.15) is 44.9 Å². The van der Waals surface area contributed by atoms with Gasteiger partial charge in [0.1, 0.15) is 24.6 Å². The second-order valence-electron chi connectivity index (χ2n) is 5.95. The maximum atomic E-state index is 6.30. The lowest BCUT2D eigenvalue weighted by Gasteiger charge is -2.20. The Bertz CT molecular complexity index is 749. The molecular weight excluding hydrogens is 286 g/mol. The minimum atomic E-state index is 0.693. The summed E-state index contributed by atoms with van der Waals surface area (Å²) >= 11 is 0. The molecule has 1 heterocycles. The fourth-order valence-electron chi connectivity index (χ4n) is 3.28. The summed E-state index contributed by atoms with van der Waals surface area (Å²) in [5.74, 6) is 1.96. The summed E-state index contributed by atoms with van der Waals surface area (Å²) in [5.41, 5.74) is 3.66. The highest BCUT2D eigenvalue weighted by Crippen LogP contribution is 2.35. The Kier molecular flexibility index (Phi) is 4.85. The zero-order chi connectivity index (χ0) is 16.2. The minimum Gasteiger partial charge on any atom is -0.501 e. The quantitative estimate of drug-likeness (QED) is 0.632. The number of nitrogens with zero attached hydrogens (tertiary/aromatic N) is 1. The average molecular weight is 312 g/mol. The Balaban J connectivity index is 2.16. The molecule has 0 N–H and O–H groups in total. The van der Waals surface area contributed by atoms with Gasteiger partial charge in [0, 0.05) is 17.2 Å². The van der Waals surface area contributed by atoms with E-state index in [0.29, 0.717) is 6.61 Å². The number of ether oxygens (including phenoxy) is 1. The Morgan fingerprint density at radius 3 is 2.70 bits per heavy atom. The number of fused-ring (bicyclic) bond motifs is 2. The van der Waals surface area contributed by atoms with E-state index in [1.54, 1.807) is 0 Å². The van der Waals surface area contributed by atoms with Crippen LogP contribution in [-0.2, 0) is 11.2 Å². The van der Waals surface area contributed by atoms with Crippen LogP contribution in [0.5, 0.6) is 0 Å². The van der Waals surface area contributed by atoms with Crippen molar-refractivity contribution in [2.45, 2.75) is 40.0 Å². The lowest BCUT2D eigenvalue weighted by Crippen LogP contribution is -2.29. The Morgan fingerprint density at radius 2 is 1.96 bits per heavy atom. The molecule has 2 aliphatic carbocycles. The van der Waals surface area contributed by atoms with E-state index in [1.165, 1.54) is 22.1 Å². The summed E-state index contributed by atoms with van der Waals surface area (Å²) in [6.07, 6.45) is 5.14. The first-order valence-corrected chi connectivity index (χ1v) is 8.72. The molecule has 0 bridgehead atoms. The fourth-order valence-corrected chi connectivity index (χ4v) is 3.28. The molecule has 3 nitrogen and oxygen atoms in total. The third-order valence-corrected chi connectivity index (χ3v) is 4.54. The highest BCUT2D eigenvalue weighted by molar-refractivity contribution is 5.70. The van der Waals surface area contributed by atoms with Crippen molar-refractivity contribution >= 4 is 5.57 Å². The zero-order valence-corrected chi connectivity index (χ0v) is 14.4. The van der Waals surface area contributed by atoms with Gasteiger partial charge in [-0.15, -0.1) is 0 Å². The van der Waals surface area contributed by atoms with Crippen molar-refractivity contribution in [3.05, 3.63) is 47.2 Å². The first kappa shape index (κ1) is 15.9. The van der Waals surface area contributed by atoms with Crippen molar-refractivity contribution in [2.24, 2.45) is 0 Å². The van der Waals surface area contributed by atoms with Crippen LogP contribution >= 0.6 is 0 Å². The van der Waals surface area contributed by atoms with E-state index in [2.05, 4.69) is 42.7 Å². The fraction of sp³-hybridized carbons (Fsp3) is 0.450. The van der Waals surface area contributed by atoms with Crippen molar-refractivity contribution in [1.29, 1.82) is 0 Å². The zero-order valence-electron chi connectivity index (χ0n) is 14.4. The molecule has 23 heavy (non-hydrogen) atoms. The van der Waals surface area contributed by atoms with E-state index in [0.717, 1.165) is 43.9 Å². The second-order valence-corrected chi connectivity index (χ2v) is 5.95. The third kappa shape index (κ3) is 3.19. The van der Waals surface area contributed by atoms with Crippen LogP contribution in [-0.4, -0.2) is 19.7 Å². The summed E-state index contributed by atoms with van der Waals surface area (Å²) in [6.45, 7) is 9.07. The molecule has 3 heteroatoms. The van der Waals surface area contributed by atoms with E-state index in [-0.39, 0.29) is 0 Å². The van der Waals surface area contributed by atoms with Gasteiger partial charge in [0.25, 0.3) is 0 Å². The topological polar surface area (TPSA) is 25.4 Å². The largest absolute Gasteiger partial charge is 0.501 e. The number of rotatable bonds is 4. The molecule has 0 spiro atoms. The maximum Gasteiger partial charge on any atom is 0.203 e. The number of hydrogen-bond donors (Lipinski definition) is 0. The van der Waals surface area contributed by atoms with Crippen LogP contribution in [0.3, 0.4) is 0 Å². The summed E-state index contributed by atoms with van der Waals surface area (Å²) in [6, 6.07) is 8.80. The van der Waals surface area contributed by atoms with Gasteiger partial charge in [-0.3, -0.25) is 0 Å². The highest BCUT2D eigenvalue weighted by atomic mass is 16.5. The summed E-state index contributed by atoms with van der Waals surface area (Å²) < 4.78 is 14.1. The third-order valence-electron chi connectivity index (χ3n) is 4.54. The Labute approximate surface area is 138 Å². The number of allylic oxidation sites excluding steroid dienone is 1. The van der Waals surface area contributed by atoms with E-state index >= 15 is 0 Å². The van der Waals surface area contributed by atoms with Crippen LogP contribution < -0.4 is 9.93 Å². The number of hydrogen-bond acceptors (Lipinski definition) is 2. The lowest BCUT2D eigenvalue weighted by atomic mass is 9.91. The summed E-state index contributed by atoms with van der Waals surface area (Å²) in [7, 11) is 0. The molecule has 0 saturated carbocycles. The van der Waals surface area contributed by atoms with Crippen LogP contribution in [0, 0.1) is 0 Å². The lowest BCUT2D eigenvalue weighted by molar-refractivity contribution is 0.269.